The van der Waals surface area contributed by atoms with Gasteiger partial charge in [-0.25, -0.2) is 9.36 Å². The standard InChI is InChI=1S/C38H24Br2N4O2/c39-27-15-19-29(20-16-27)43-37-31(5-1-3-7-35(37)45)33(41-43)23-13-25-9-11-26(12-10-25)14-24-34-32-6-2-4-8-36(46)38(32)44(42-34)30-21-17-28(40)18-22-30/h1-24H/b23-13+,24-14+. The second-order valence-electron chi connectivity index (χ2n) is 10.6. The molecule has 0 aliphatic rings. The molecule has 6 nitrogen and oxygen atoms in total. The summed E-state index contributed by atoms with van der Waals surface area (Å²) in [5.74, 6) is 0. The molecule has 0 aliphatic carbocycles. The summed E-state index contributed by atoms with van der Waals surface area (Å²) in [6, 6.07) is 37.7. The molecule has 5 aromatic carbocycles. The van der Waals surface area contributed by atoms with Crippen LogP contribution in [0, 0.1) is 0 Å². The number of aromatic nitrogens is 4. The topological polar surface area (TPSA) is 69.8 Å². The minimum absolute atomic E-state index is 0.0964. The second kappa shape index (κ2) is 12.7. The third-order valence-electron chi connectivity index (χ3n) is 7.56. The van der Waals surface area contributed by atoms with E-state index < -0.39 is 0 Å². The lowest BCUT2D eigenvalue weighted by Crippen LogP contribution is -2.04. The molecule has 46 heavy (non-hydrogen) atoms. The van der Waals surface area contributed by atoms with Gasteiger partial charge in [0.25, 0.3) is 0 Å². The summed E-state index contributed by atoms with van der Waals surface area (Å²) < 4.78 is 5.31. The van der Waals surface area contributed by atoms with Crippen molar-refractivity contribution < 1.29 is 0 Å². The quantitative estimate of drug-likeness (QED) is 0.172. The number of halogens is 2. The molecule has 7 rings (SSSR count). The van der Waals surface area contributed by atoms with E-state index in [0.717, 1.165) is 42.2 Å². The van der Waals surface area contributed by atoms with Crippen LogP contribution >= 0.6 is 31.9 Å². The Balaban J connectivity index is 1.19. The Morgan fingerprint density at radius 1 is 0.457 bits per heavy atom. The van der Waals surface area contributed by atoms with Crippen molar-refractivity contribution in [2.75, 3.05) is 0 Å². The van der Waals surface area contributed by atoms with Crippen LogP contribution in [0.5, 0.6) is 0 Å². The molecule has 0 radical (unpaired) electrons. The van der Waals surface area contributed by atoms with E-state index in [1.807, 2.05) is 121 Å². The Hall–Kier alpha value is -5.18. The number of fused-ring (bicyclic) bond motifs is 2. The maximum absolute atomic E-state index is 13.0. The molecule has 0 aliphatic heterocycles. The summed E-state index contributed by atoms with van der Waals surface area (Å²) in [6.07, 6.45) is 7.84. The molecule has 8 heteroatoms. The van der Waals surface area contributed by atoms with Crippen LogP contribution < -0.4 is 10.9 Å². The van der Waals surface area contributed by atoms with E-state index in [9.17, 15) is 9.59 Å². The molecule has 0 saturated heterocycles. The van der Waals surface area contributed by atoms with E-state index in [1.54, 1.807) is 33.6 Å². The van der Waals surface area contributed by atoms with Crippen molar-refractivity contribution in [3.05, 3.63) is 173 Å². The maximum atomic E-state index is 13.0. The van der Waals surface area contributed by atoms with Gasteiger partial charge in [-0.05, 0) is 83.9 Å². The summed E-state index contributed by atoms with van der Waals surface area (Å²) in [7, 11) is 0. The normalized spacial score (nSPS) is 11.7. The molecular formula is C38H24Br2N4O2. The minimum atomic E-state index is -0.0964. The zero-order chi connectivity index (χ0) is 31.6. The van der Waals surface area contributed by atoms with Crippen molar-refractivity contribution >= 4 is 78.0 Å². The molecule has 7 aromatic rings. The molecule has 0 atom stereocenters. The van der Waals surface area contributed by atoms with Gasteiger partial charge in [0.15, 0.2) is 0 Å². The SMILES string of the molecule is O=c1ccccc2c(/C=C/c3ccc(/C=C/c4nn(-c5ccc(Br)cc5)c5c(=O)ccccc45)cc3)nn(-c3ccc(Br)cc3)c12. The smallest absolute Gasteiger partial charge is 0.204 e. The van der Waals surface area contributed by atoms with Gasteiger partial charge in [-0.3, -0.25) is 9.59 Å². The van der Waals surface area contributed by atoms with Gasteiger partial charge in [-0.1, -0.05) is 105 Å². The molecule has 222 valence electrons. The van der Waals surface area contributed by atoms with Gasteiger partial charge >= 0.3 is 0 Å². The van der Waals surface area contributed by atoms with E-state index in [2.05, 4.69) is 31.9 Å². The van der Waals surface area contributed by atoms with Crippen molar-refractivity contribution in [2.45, 2.75) is 0 Å². The first-order valence-corrected chi connectivity index (χ1v) is 16.1. The van der Waals surface area contributed by atoms with E-state index >= 15 is 0 Å². The molecule has 0 amide bonds. The molecule has 2 heterocycles. The van der Waals surface area contributed by atoms with Crippen molar-refractivity contribution in [2.24, 2.45) is 0 Å². The predicted octanol–water partition coefficient (Wildman–Crippen LogP) is 8.95. The third kappa shape index (κ3) is 5.92. The minimum Gasteiger partial charge on any atom is -0.288 e. The molecule has 0 N–H and O–H groups in total. The van der Waals surface area contributed by atoms with Gasteiger partial charge < -0.3 is 0 Å². The zero-order valence-electron chi connectivity index (χ0n) is 24.2. The van der Waals surface area contributed by atoms with Crippen molar-refractivity contribution in [3.8, 4) is 11.4 Å². The number of rotatable bonds is 6. The third-order valence-corrected chi connectivity index (χ3v) is 8.61. The lowest BCUT2D eigenvalue weighted by molar-refractivity contribution is 0.902. The highest BCUT2D eigenvalue weighted by molar-refractivity contribution is 9.10. The second-order valence-corrected chi connectivity index (χ2v) is 12.4. The fourth-order valence-corrected chi connectivity index (χ4v) is 5.83. The first-order chi connectivity index (χ1) is 22.4. The molecule has 0 spiro atoms. The van der Waals surface area contributed by atoms with Crippen LogP contribution in [0.1, 0.15) is 22.5 Å². The Morgan fingerprint density at radius 2 is 0.826 bits per heavy atom. The zero-order valence-corrected chi connectivity index (χ0v) is 27.4. The van der Waals surface area contributed by atoms with Gasteiger partial charge in [-0.2, -0.15) is 10.2 Å². The van der Waals surface area contributed by atoms with E-state index in [4.69, 9.17) is 10.2 Å². The van der Waals surface area contributed by atoms with Crippen molar-refractivity contribution in [1.29, 1.82) is 0 Å². The van der Waals surface area contributed by atoms with Crippen LogP contribution in [0.4, 0.5) is 0 Å². The monoisotopic (exact) mass is 726 g/mol. The summed E-state index contributed by atoms with van der Waals surface area (Å²) >= 11 is 6.95. The van der Waals surface area contributed by atoms with Crippen LogP contribution in [-0.4, -0.2) is 19.6 Å². The van der Waals surface area contributed by atoms with Crippen LogP contribution in [0.15, 0.2) is 140 Å². The summed E-state index contributed by atoms with van der Waals surface area (Å²) in [4.78, 5) is 26.0. The lowest BCUT2D eigenvalue weighted by atomic mass is 10.1. The van der Waals surface area contributed by atoms with Crippen molar-refractivity contribution in [3.63, 3.8) is 0 Å². The highest BCUT2D eigenvalue weighted by Crippen LogP contribution is 2.24. The van der Waals surface area contributed by atoms with Gasteiger partial charge in [-0.15, -0.1) is 0 Å². The van der Waals surface area contributed by atoms with Gasteiger partial charge in [0.1, 0.15) is 11.0 Å². The van der Waals surface area contributed by atoms with Crippen LogP contribution in [0.25, 0.3) is 57.5 Å². The Morgan fingerprint density at radius 3 is 1.22 bits per heavy atom. The highest BCUT2D eigenvalue weighted by atomic mass is 79.9. The number of nitrogens with zero attached hydrogens (tertiary/aromatic N) is 4. The van der Waals surface area contributed by atoms with Crippen LogP contribution in [0.2, 0.25) is 0 Å². The lowest BCUT2D eigenvalue weighted by Gasteiger charge is -2.02. The predicted molar refractivity (Wildman–Crippen MR) is 194 cm³/mol. The Labute approximate surface area is 280 Å². The molecule has 0 saturated carbocycles. The highest BCUT2D eigenvalue weighted by Gasteiger charge is 2.14. The van der Waals surface area contributed by atoms with Gasteiger partial charge in [0, 0.05) is 19.7 Å². The fraction of sp³-hybridized carbons (Fsp3) is 0. The maximum Gasteiger partial charge on any atom is 0.204 e. The Kier molecular flexibility index (Phi) is 8.13. The first kappa shape index (κ1) is 29.5. The number of benzene rings is 3. The molecule has 2 aromatic heterocycles. The largest absolute Gasteiger partial charge is 0.288 e. The first-order valence-electron chi connectivity index (χ1n) is 14.5. The summed E-state index contributed by atoms with van der Waals surface area (Å²) in [5, 5.41) is 11.2. The van der Waals surface area contributed by atoms with E-state index in [1.165, 1.54) is 0 Å². The number of hydrogen-bond donors (Lipinski definition) is 0. The summed E-state index contributed by atoms with van der Waals surface area (Å²) in [5.41, 5.74) is 5.85. The van der Waals surface area contributed by atoms with Gasteiger partial charge in [0.05, 0.1) is 22.8 Å². The molecule has 0 bridgehead atoms. The fourth-order valence-electron chi connectivity index (χ4n) is 5.30. The molecule has 0 unspecified atom stereocenters. The number of hydrogen-bond acceptors (Lipinski definition) is 4. The molecule has 0 fully saturated rings. The van der Waals surface area contributed by atoms with Crippen LogP contribution in [0.3, 0.4) is 0 Å². The average Bonchev–Trinajstić information content (AvgIpc) is 3.47. The average molecular weight is 728 g/mol. The summed E-state index contributed by atoms with van der Waals surface area (Å²) in [6.45, 7) is 0. The van der Waals surface area contributed by atoms with E-state index in [-0.39, 0.29) is 10.9 Å². The van der Waals surface area contributed by atoms with Gasteiger partial charge in [0.2, 0.25) is 10.9 Å². The van der Waals surface area contributed by atoms with E-state index in [0.29, 0.717) is 22.4 Å². The van der Waals surface area contributed by atoms with Crippen molar-refractivity contribution in [1.82, 2.24) is 19.6 Å². The van der Waals surface area contributed by atoms with Crippen LogP contribution in [-0.2, 0) is 0 Å². The Bertz CT molecular complexity index is 2240. The molecular weight excluding hydrogens is 704 g/mol.